The van der Waals surface area contributed by atoms with E-state index in [9.17, 15) is 0 Å². The van der Waals surface area contributed by atoms with E-state index in [4.69, 9.17) is 0 Å². The lowest BCUT2D eigenvalue weighted by Gasteiger charge is -2.38. The van der Waals surface area contributed by atoms with Crippen molar-refractivity contribution in [3.63, 3.8) is 0 Å². The largest absolute Gasteiger partial charge is 0.311 e. The molecule has 2 nitrogen and oxygen atoms in total. The van der Waals surface area contributed by atoms with Gasteiger partial charge in [0.2, 0.25) is 0 Å². The molecule has 0 aromatic rings. The van der Waals surface area contributed by atoms with E-state index in [1.54, 1.807) is 0 Å². The van der Waals surface area contributed by atoms with Gasteiger partial charge >= 0.3 is 0 Å². The van der Waals surface area contributed by atoms with Crippen LogP contribution in [0.2, 0.25) is 0 Å². The highest BCUT2D eigenvalue weighted by molar-refractivity contribution is 7.99. The molecular weight excluding hydrogens is 228 g/mol. The van der Waals surface area contributed by atoms with Crippen LogP contribution in [0.5, 0.6) is 0 Å². The Kier molecular flexibility index (Phi) is 5.81. The van der Waals surface area contributed by atoms with Crippen LogP contribution in [0.15, 0.2) is 0 Å². The molecule has 1 heterocycles. The Hall–Kier alpha value is 0.270. The summed E-state index contributed by atoms with van der Waals surface area (Å²) in [6.45, 7) is 16.4. The van der Waals surface area contributed by atoms with Crippen LogP contribution in [0.4, 0.5) is 0 Å². The van der Waals surface area contributed by atoms with Gasteiger partial charge in [0.1, 0.15) is 0 Å². The van der Waals surface area contributed by atoms with Gasteiger partial charge in [0, 0.05) is 43.2 Å². The highest BCUT2D eigenvalue weighted by Gasteiger charge is 2.27. The lowest BCUT2D eigenvalue weighted by atomic mass is 9.86. The van der Waals surface area contributed by atoms with E-state index >= 15 is 0 Å². The summed E-state index contributed by atoms with van der Waals surface area (Å²) in [6, 6.07) is 0. The van der Waals surface area contributed by atoms with E-state index in [1.807, 2.05) is 0 Å². The highest BCUT2D eigenvalue weighted by atomic mass is 32.2. The van der Waals surface area contributed by atoms with E-state index in [-0.39, 0.29) is 5.54 Å². The molecule has 1 saturated heterocycles. The molecule has 1 unspecified atom stereocenters. The van der Waals surface area contributed by atoms with Crippen LogP contribution in [-0.4, -0.2) is 48.1 Å². The fourth-order valence-corrected chi connectivity index (χ4v) is 3.05. The number of hydrogen-bond donors (Lipinski definition) is 1. The summed E-state index contributed by atoms with van der Waals surface area (Å²) < 4.78 is 0. The number of hydrogen-bond acceptors (Lipinski definition) is 3. The quantitative estimate of drug-likeness (QED) is 0.816. The zero-order valence-electron chi connectivity index (χ0n) is 12.3. The first kappa shape index (κ1) is 15.3. The molecule has 0 radical (unpaired) electrons. The maximum absolute atomic E-state index is 3.67. The summed E-state index contributed by atoms with van der Waals surface area (Å²) in [7, 11) is 0. The van der Waals surface area contributed by atoms with Crippen molar-refractivity contribution in [2.24, 2.45) is 5.41 Å². The fourth-order valence-electron chi connectivity index (χ4n) is 2.07. The Morgan fingerprint density at radius 2 is 1.71 bits per heavy atom. The molecular formula is C14H30N2S. The summed E-state index contributed by atoms with van der Waals surface area (Å²) in [5, 5.41) is 3.67. The molecule has 1 fully saturated rings. The lowest BCUT2D eigenvalue weighted by Crippen LogP contribution is -2.48. The van der Waals surface area contributed by atoms with Gasteiger partial charge in [0.25, 0.3) is 0 Å². The zero-order chi connectivity index (χ0) is 12.9. The maximum atomic E-state index is 3.67. The third-order valence-electron chi connectivity index (χ3n) is 3.61. The number of nitrogens with one attached hydrogen (secondary N) is 1. The molecule has 1 aliphatic heterocycles. The molecule has 1 atom stereocenters. The predicted molar refractivity (Wildman–Crippen MR) is 79.9 cm³/mol. The van der Waals surface area contributed by atoms with Crippen LogP contribution in [0.3, 0.4) is 0 Å². The minimum absolute atomic E-state index is 0.230. The molecule has 0 aromatic carbocycles. The van der Waals surface area contributed by atoms with Gasteiger partial charge < -0.3 is 10.2 Å². The first-order valence-corrected chi connectivity index (χ1v) is 8.05. The lowest BCUT2D eigenvalue weighted by molar-refractivity contribution is 0.156. The monoisotopic (exact) mass is 258 g/mol. The van der Waals surface area contributed by atoms with Crippen LogP contribution in [0, 0.1) is 5.41 Å². The molecule has 0 spiro atoms. The molecule has 3 heteroatoms. The number of rotatable bonds is 5. The van der Waals surface area contributed by atoms with E-state index < -0.39 is 0 Å². The van der Waals surface area contributed by atoms with Gasteiger partial charge in [-0.3, -0.25) is 0 Å². The topological polar surface area (TPSA) is 15.3 Å². The Morgan fingerprint density at radius 1 is 1.12 bits per heavy atom. The Bertz CT molecular complexity index is 219. The highest BCUT2D eigenvalue weighted by Crippen LogP contribution is 2.24. The standard InChI is InChI=1S/C14H30N2S/c1-6-14(5,11-15-13(2,3)4)12-16-7-9-17-10-8-16/h15H,6-12H2,1-5H3. The van der Waals surface area contributed by atoms with Crippen molar-refractivity contribution in [1.82, 2.24) is 10.2 Å². The second-order valence-electron chi connectivity index (χ2n) is 6.66. The normalized spacial score (nSPS) is 22.4. The SMILES string of the molecule is CCC(C)(CNC(C)(C)C)CN1CCSCC1. The van der Waals surface area contributed by atoms with E-state index in [0.717, 1.165) is 6.54 Å². The summed E-state index contributed by atoms with van der Waals surface area (Å²) in [5.74, 6) is 2.62. The summed E-state index contributed by atoms with van der Waals surface area (Å²) in [6.07, 6.45) is 1.25. The molecule has 0 aliphatic carbocycles. The van der Waals surface area contributed by atoms with Crippen molar-refractivity contribution < 1.29 is 0 Å². The average Bonchev–Trinajstić information content (AvgIpc) is 2.27. The predicted octanol–water partition coefficient (Wildman–Crippen LogP) is 2.84. The average molecular weight is 258 g/mol. The summed E-state index contributed by atoms with van der Waals surface area (Å²) >= 11 is 2.09. The van der Waals surface area contributed by atoms with Crippen LogP contribution in [-0.2, 0) is 0 Å². The van der Waals surface area contributed by atoms with Gasteiger partial charge in [-0.1, -0.05) is 13.8 Å². The summed E-state index contributed by atoms with van der Waals surface area (Å²) in [4.78, 5) is 2.64. The molecule has 0 amide bonds. The van der Waals surface area contributed by atoms with Gasteiger partial charge in [-0.15, -0.1) is 0 Å². The molecule has 102 valence electrons. The Balaban J connectivity index is 2.43. The first-order valence-electron chi connectivity index (χ1n) is 6.90. The second kappa shape index (κ2) is 6.44. The number of nitrogens with zero attached hydrogens (tertiary/aromatic N) is 1. The van der Waals surface area contributed by atoms with Gasteiger partial charge in [0.15, 0.2) is 0 Å². The maximum Gasteiger partial charge on any atom is 0.00967 e. The van der Waals surface area contributed by atoms with Crippen molar-refractivity contribution >= 4 is 11.8 Å². The van der Waals surface area contributed by atoms with E-state index in [1.165, 1.54) is 37.6 Å². The molecule has 0 bridgehead atoms. The summed E-state index contributed by atoms with van der Waals surface area (Å²) in [5.41, 5.74) is 0.642. The van der Waals surface area contributed by atoms with Crippen molar-refractivity contribution in [2.45, 2.75) is 46.6 Å². The van der Waals surface area contributed by atoms with E-state index in [2.05, 4.69) is 56.6 Å². The van der Waals surface area contributed by atoms with Crippen LogP contribution < -0.4 is 5.32 Å². The number of thioether (sulfide) groups is 1. The van der Waals surface area contributed by atoms with Gasteiger partial charge in [-0.05, 0) is 32.6 Å². The van der Waals surface area contributed by atoms with Gasteiger partial charge in [-0.2, -0.15) is 11.8 Å². The minimum atomic E-state index is 0.230. The van der Waals surface area contributed by atoms with E-state index in [0.29, 0.717) is 5.41 Å². The van der Waals surface area contributed by atoms with Gasteiger partial charge in [-0.25, -0.2) is 0 Å². The zero-order valence-corrected chi connectivity index (χ0v) is 13.1. The second-order valence-corrected chi connectivity index (χ2v) is 7.88. The first-order chi connectivity index (χ1) is 7.85. The minimum Gasteiger partial charge on any atom is -0.311 e. The third kappa shape index (κ3) is 6.12. The Morgan fingerprint density at radius 3 is 2.18 bits per heavy atom. The van der Waals surface area contributed by atoms with Crippen LogP contribution in [0.25, 0.3) is 0 Å². The molecule has 17 heavy (non-hydrogen) atoms. The van der Waals surface area contributed by atoms with Crippen LogP contribution >= 0.6 is 11.8 Å². The third-order valence-corrected chi connectivity index (χ3v) is 4.55. The van der Waals surface area contributed by atoms with Crippen LogP contribution in [0.1, 0.15) is 41.0 Å². The molecule has 0 aromatic heterocycles. The van der Waals surface area contributed by atoms with Crippen molar-refractivity contribution in [1.29, 1.82) is 0 Å². The Labute approximate surface area is 112 Å². The molecule has 1 aliphatic rings. The molecule has 1 N–H and O–H groups in total. The van der Waals surface area contributed by atoms with Gasteiger partial charge in [0.05, 0.1) is 0 Å². The van der Waals surface area contributed by atoms with Crippen molar-refractivity contribution in [3.05, 3.63) is 0 Å². The van der Waals surface area contributed by atoms with Crippen molar-refractivity contribution in [2.75, 3.05) is 37.7 Å². The fraction of sp³-hybridized carbons (Fsp3) is 1.00. The molecule has 1 rings (SSSR count). The van der Waals surface area contributed by atoms with Crippen molar-refractivity contribution in [3.8, 4) is 0 Å². The smallest absolute Gasteiger partial charge is 0.00967 e. The molecule has 0 saturated carbocycles.